The molecule has 7 rings (SSSR count). The van der Waals surface area contributed by atoms with Crippen molar-refractivity contribution < 1.29 is 38.6 Å². The van der Waals surface area contributed by atoms with Gasteiger partial charge in [0.1, 0.15) is 18.1 Å². The van der Waals surface area contributed by atoms with Gasteiger partial charge in [0.25, 0.3) is 6.47 Å². The predicted octanol–water partition coefficient (Wildman–Crippen LogP) is 6.58. The van der Waals surface area contributed by atoms with Crippen LogP contribution in [-0.4, -0.2) is 151 Å². The summed E-state index contributed by atoms with van der Waals surface area (Å²) in [5.74, 6) is -0.947. The van der Waals surface area contributed by atoms with Crippen LogP contribution in [0.25, 0.3) is 33.3 Å². The maximum Gasteiger partial charge on any atom is 0.293 e. The van der Waals surface area contributed by atoms with Gasteiger partial charge in [-0.2, -0.15) is 0 Å². The van der Waals surface area contributed by atoms with E-state index in [4.69, 9.17) is 14.5 Å². The first-order chi connectivity index (χ1) is 34.2. The van der Waals surface area contributed by atoms with Crippen LogP contribution in [0.5, 0.6) is 5.75 Å². The molecule has 3 aliphatic heterocycles. The number of rotatable bonds is 20. The van der Waals surface area contributed by atoms with E-state index < -0.39 is 28.8 Å². The Bertz CT molecular complexity index is 2570. The molecular weight excluding hydrogens is 913 g/mol. The molecule has 3 fully saturated rings. The van der Waals surface area contributed by atoms with E-state index in [2.05, 4.69) is 73.3 Å². The Morgan fingerprint density at radius 1 is 1.07 bits per heavy atom. The van der Waals surface area contributed by atoms with Gasteiger partial charge in [-0.05, 0) is 132 Å². The van der Waals surface area contributed by atoms with Gasteiger partial charge in [0.05, 0.1) is 35.6 Å². The van der Waals surface area contributed by atoms with Crippen LogP contribution in [0, 0.1) is 16.7 Å². The van der Waals surface area contributed by atoms with Crippen molar-refractivity contribution in [1.82, 2.24) is 40.0 Å². The summed E-state index contributed by atoms with van der Waals surface area (Å²) in [6.07, 6.45) is 9.39. The minimum Gasteiger partial charge on any atom is -0.508 e. The third-order valence-corrected chi connectivity index (χ3v) is 14.2. The summed E-state index contributed by atoms with van der Waals surface area (Å²) in [4.78, 5) is 74.5. The van der Waals surface area contributed by atoms with E-state index in [9.17, 15) is 29.1 Å². The van der Waals surface area contributed by atoms with Crippen molar-refractivity contribution in [2.75, 3.05) is 67.6 Å². The second kappa shape index (κ2) is 24.2. The molecule has 3 unspecified atom stereocenters. The number of amides is 3. The number of aromatic nitrogens is 2. The second-order valence-electron chi connectivity index (χ2n) is 21.4. The molecular formula is C56H78N8O8. The number of carbonyl (C=O) groups is 5. The number of methoxy groups -OCH3 is 1. The fourth-order valence-corrected chi connectivity index (χ4v) is 10.5. The van der Waals surface area contributed by atoms with E-state index in [1.54, 1.807) is 47.4 Å². The van der Waals surface area contributed by atoms with E-state index in [1.165, 1.54) is 19.4 Å². The van der Waals surface area contributed by atoms with Crippen molar-refractivity contribution in [3.63, 3.8) is 0 Å². The molecule has 1 spiro atoms. The van der Waals surface area contributed by atoms with E-state index in [0.717, 1.165) is 44.5 Å². The van der Waals surface area contributed by atoms with Crippen LogP contribution in [0.1, 0.15) is 90.7 Å². The zero-order chi connectivity index (χ0) is 52.5. The maximum atomic E-state index is 14.0. The zero-order valence-corrected chi connectivity index (χ0v) is 44.4. The average Bonchev–Trinajstić information content (AvgIpc) is 3.82. The van der Waals surface area contributed by atoms with Crippen LogP contribution >= 0.6 is 0 Å². The van der Waals surface area contributed by atoms with Gasteiger partial charge < -0.3 is 44.0 Å². The highest BCUT2D eigenvalue weighted by molar-refractivity contribution is 5.97. The number of nitrogens with one attached hydrogen (secondary N) is 2. The number of likely N-dealkylation sites (tertiary alicyclic amines) is 2. The predicted molar refractivity (Wildman–Crippen MR) is 281 cm³/mol. The number of hydrazine groups is 1. The first-order valence-electron chi connectivity index (χ1n) is 25.4. The lowest BCUT2D eigenvalue weighted by molar-refractivity contribution is -0.155. The number of ether oxygens (including phenoxy) is 2. The number of aryl methyl sites for hydroxylation is 1. The molecule has 390 valence electrons. The number of hydrogen-bond acceptors (Lipinski definition) is 12. The molecule has 0 saturated carbocycles. The topological polar surface area (TPSA) is 179 Å². The van der Waals surface area contributed by atoms with Crippen LogP contribution in [0.2, 0.25) is 0 Å². The highest BCUT2D eigenvalue weighted by Gasteiger charge is 2.57. The summed E-state index contributed by atoms with van der Waals surface area (Å²) in [5, 5.41) is 17.1. The van der Waals surface area contributed by atoms with Crippen LogP contribution in [0.15, 0.2) is 66.9 Å². The summed E-state index contributed by atoms with van der Waals surface area (Å²) in [5.41, 5.74) is 9.16. The van der Waals surface area contributed by atoms with Crippen molar-refractivity contribution in [3.05, 3.63) is 83.7 Å². The lowest BCUT2D eigenvalue weighted by atomic mass is 9.78. The average molecular weight is 991 g/mol. The molecule has 0 radical (unpaired) electrons. The Morgan fingerprint density at radius 2 is 1.82 bits per heavy atom. The number of phenols is 1. The Labute approximate surface area is 426 Å². The molecule has 2 aromatic heterocycles. The molecule has 5 heterocycles. The fourth-order valence-electron chi connectivity index (χ4n) is 10.5. The summed E-state index contributed by atoms with van der Waals surface area (Å²) in [6, 6.07) is 14.3. The minimum atomic E-state index is -0.935. The van der Waals surface area contributed by atoms with Crippen molar-refractivity contribution in [3.8, 4) is 28.1 Å². The third-order valence-electron chi connectivity index (χ3n) is 14.2. The number of nitrogens with zero attached hydrogens (tertiary/aromatic N) is 6. The monoisotopic (exact) mass is 991 g/mol. The van der Waals surface area contributed by atoms with E-state index in [-0.39, 0.29) is 42.6 Å². The van der Waals surface area contributed by atoms with Crippen LogP contribution in [-0.2, 0) is 52.8 Å². The molecule has 16 nitrogen and oxygen atoms in total. The van der Waals surface area contributed by atoms with Gasteiger partial charge in [0, 0.05) is 93.6 Å². The first kappa shape index (κ1) is 55.4. The van der Waals surface area contributed by atoms with Gasteiger partial charge >= 0.3 is 0 Å². The summed E-state index contributed by atoms with van der Waals surface area (Å²) < 4.78 is 13.3. The Balaban J connectivity index is 0.000000962. The largest absolute Gasteiger partial charge is 0.508 e. The van der Waals surface area contributed by atoms with Crippen molar-refractivity contribution in [1.29, 1.82) is 0 Å². The number of aromatic hydroxyl groups is 1. The standard InChI is InChI=1S/C50H64N6O8.C6H14N2/c1-10-55-42-16-15-35(25-40(42)41(26-49(5,6)30-64-31-58)46(55)39-13-11-18-51-44(39)33(4)63-9)36-21-34(23-38(59)24-36)22-37(27-57)52-47(61)45(32(2)3)56-20-17-50(48(56)62)28-54(29-50)43(60)14-12-19-53(7)8;1-6-4-3-5-8(2)7-6/h11-16,18,21,23-25,27,31-33,37,45,59H,10,17,19-20,22,26,28-30H2,1-9H3,(H,52,61);6-7H,3-5H2,1-2H3/b14-12+;/t;6-/m.1/s1. The van der Waals surface area contributed by atoms with Gasteiger partial charge in [0.15, 0.2) is 0 Å². The van der Waals surface area contributed by atoms with Crippen LogP contribution < -0.4 is 10.7 Å². The van der Waals surface area contributed by atoms with Crippen molar-refractivity contribution >= 4 is 41.4 Å². The number of hydrogen-bond donors (Lipinski definition) is 3. The number of fused-ring (bicyclic) bond motifs is 1. The SMILES string of the molecule is CCn1c(-c2cccnc2C(C)OC)c(CC(C)(C)COC=O)c2cc(-c3cc(O)cc(CC(C=O)NC(=O)C(C(C)C)N4CCC5(CN(C(=O)/C=C/CN(C)C)C5)C4=O)c3)ccc21.C[C@@H]1CCCN(C)N1. The van der Waals surface area contributed by atoms with Crippen LogP contribution in [0.4, 0.5) is 0 Å². The molecule has 3 aliphatic rings. The van der Waals surface area contributed by atoms with E-state index in [0.29, 0.717) is 69.9 Å². The quantitative estimate of drug-likeness (QED) is 0.0641. The molecule has 3 N–H and O–H groups in total. The Kier molecular flexibility index (Phi) is 18.6. The molecule has 16 heteroatoms. The summed E-state index contributed by atoms with van der Waals surface area (Å²) >= 11 is 0. The highest BCUT2D eigenvalue weighted by atomic mass is 16.5. The third kappa shape index (κ3) is 13.0. The first-order valence-corrected chi connectivity index (χ1v) is 25.4. The van der Waals surface area contributed by atoms with Gasteiger partial charge in [-0.1, -0.05) is 45.9 Å². The van der Waals surface area contributed by atoms with Crippen molar-refractivity contribution in [2.24, 2.45) is 16.7 Å². The highest BCUT2D eigenvalue weighted by Crippen LogP contribution is 2.44. The number of likely N-dealkylation sites (N-methyl/N-ethyl adjacent to an activating group) is 1. The molecule has 0 aliphatic carbocycles. The minimum absolute atomic E-state index is 0.00514. The Morgan fingerprint density at radius 3 is 2.44 bits per heavy atom. The zero-order valence-electron chi connectivity index (χ0n) is 44.4. The van der Waals surface area contributed by atoms with Crippen LogP contribution in [0.3, 0.4) is 0 Å². The molecule has 3 amide bonds. The summed E-state index contributed by atoms with van der Waals surface area (Å²) in [6.45, 7) is 18.4. The lowest BCUT2D eigenvalue weighted by Crippen LogP contribution is -2.63. The molecule has 0 bridgehead atoms. The molecule has 3 saturated heterocycles. The normalized spacial score (nSPS) is 18.3. The fraction of sp³-hybridized carbons (Fsp3) is 0.536. The maximum absolute atomic E-state index is 14.0. The molecule has 4 aromatic rings. The number of carbonyl (C=O) groups excluding carboxylic acids is 5. The number of aldehydes is 1. The summed E-state index contributed by atoms with van der Waals surface area (Å²) in [7, 11) is 7.59. The molecule has 72 heavy (non-hydrogen) atoms. The number of benzene rings is 2. The van der Waals surface area contributed by atoms with E-state index in [1.807, 2.05) is 58.0 Å². The lowest BCUT2D eigenvalue weighted by Gasteiger charge is -2.46. The second-order valence-corrected chi connectivity index (χ2v) is 21.4. The molecule has 4 atom stereocenters. The van der Waals surface area contributed by atoms with Gasteiger partial charge in [-0.3, -0.25) is 29.6 Å². The van der Waals surface area contributed by atoms with Gasteiger partial charge in [-0.25, -0.2) is 5.01 Å². The smallest absolute Gasteiger partial charge is 0.293 e. The van der Waals surface area contributed by atoms with Gasteiger partial charge in [0.2, 0.25) is 17.7 Å². The van der Waals surface area contributed by atoms with E-state index >= 15 is 0 Å². The van der Waals surface area contributed by atoms with Gasteiger partial charge in [-0.15, -0.1) is 0 Å². The van der Waals surface area contributed by atoms with Crippen molar-refractivity contribution in [2.45, 2.75) is 111 Å². The number of pyridine rings is 1. The Hall–Kier alpha value is -5.94. The molecule has 2 aromatic carbocycles. The number of phenolic OH excluding ortho intramolecular Hbond substituents is 1.